The number of rotatable bonds is 6. The first kappa shape index (κ1) is 19.2. The number of hydrogen-bond donors (Lipinski definition) is 2. The number of hydrogen-bond acceptors (Lipinski definition) is 3. The van der Waals surface area contributed by atoms with Crippen LogP contribution >= 0.6 is 0 Å². The van der Waals surface area contributed by atoms with Gasteiger partial charge in [0.15, 0.2) is 0 Å². The maximum Gasteiger partial charge on any atom is 0.248 e. The molecule has 5 heteroatoms. The van der Waals surface area contributed by atoms with Crippen LogP contribution < -0.4 is 10.1 Å². The topological polar surface area (TPSA) is 67.0 Å². The molecule has 0 radical (unpaired) electrons. The summed E-state index contributed by atoms with van der Waals surface area (Å²) >= 11 is 0. The number of fused-ring (bicyclic) bond motifs is 1. The van der Waals surface area contributed by atoms with Gasteiger partial charge in [-0.25, -0.2) is 0 Å². The van der Waals surface area contributed by atoms with Crippen molar-refractivity contribution in [2.24, 2.45) is 0 Å². The number of nitrogens with one attached hydrogen (secondary N) is 2. The van der Waals surface area contributed by atoms with E-state index in [2.05, 4.69) is 15.5 Å². The van der Waals surface area contributed by atoms with Crippen LogP contribution in [0.1, 0.15) is 18.2 Å². The third-order valence-electron chi connectivity index (χ3n) is 4.45. The predicted octanol–water partition coefficient (Wildman–Crippen LogP) is 6.04. The van der Waals surface area contributed by atoms with Gasteiger partial charge in [-0.1, -0.05) is 48.6 Å². The number of aromatic amines is 1. The number of amides is 1. The van der Waals surface area contributed by atoms with Crippen molar-refractivity contribution in [2.75, 3.05) is 5.32 Å². The molecule has 0 fully saturated rings. The monoisotopic (exact) mass is 395 g/mol. The van der Waals surface area contributed by atoms with Crippen LogP contribution in [0.3, 0.4) is 0 Å². The average Bonchev–Trinajstić information content (AvgIpc) is 3.15. The van der Waals surface area contributed by atoms with E-state index in [1.54, 1.807) is 19.1 Å². The molecule has 0 saturated carbocycles. The summed E-state index contributed by atoms with van der Waals surface area (Å²) in [4.78, 5) is 11.7. The molecule has 0 bridgehead atoms. The number of carbonyl (C=O) groups is 1. The molecular weight excluding hydrogens is 374 g/mol. The Morgan fingerprint density at radius 2 is 1.80 bits per heavy atom. The molecule has 3 aromatic carbocycles. The van der Waals surface area contributed by atoms with Crippen LogP contribution in [-0.4, -0.2) is 16.1 Å². The Balaban J connectivity index is 1.51. The number of H-pyrrole nitrogens is 1. The van der Waals surface area contributed by atoms with E-state index in [4.69, 9.17) is 4.74 Å². The molecule has 1 heterocycles. The van der Waals surface area contributed by atoms with Crippen molar-refractivity contribution in [3.8, 4) is 11.5 Å². The first-order chi connectivity index (χ1) is 14.7. The zero-order chi connectivity index (χ0) is 20.8. The van der Waals surface area contributed by atoms with Gasteiger partial charge in [0.05, 0.1) is 11.2 Å². The van der Waals surface area contributed by atoms with E-state index in [0.29, 0.717) is 17.2 Å². The van der Waals surface area contributed by atoms with Crippen molar-refractivity contribution in [3.05, 3.63) is 96.2 Å². The van der Waals surface area contributed by atoms with E-state index in [0.717, 1.165) is 22.2 Å². The molecule has 0 aliphatic heterocycles. The molecule has 1 aromatic heterocycles. The standard InChI is InChI=1S/C25H21N3O2/c1-2-7-25(29)26-19-10-6-11-20(16-19)30-21-13-14-22-23(27-28-24(22)17-21)15-12-18-8-4-3-5-9-18/h2-17H,1H3,(H,26,29)(H,27,28)/b7-2+,15-12+. The van der Waals surface area contributed by atoms with E-state index in [-0.39, 0.29) is 5.91 Å². The number of ether oxygens (including phenoxy) is 1. The molecular formula is C25H21N3O2. The summed E-state index contributed by atoms with van der Waals surface area (Å²) < 4.78 is 5.97. The number of benzene rings is 3. The normalized spacial score (nSPS) is 11.4. The second-order valence-corrected chi connectivity index (χ2v) is 6.68. The average molecular weight is 395 g/mol. The van der Waals surface area contributed by atoms with Crippen LogP contribution in [-0.2, 0) is 4.79 Å². The van der Waals surface area contributed by atoms with Crippen molar-refractivity contribution in [1.82, 2.24) is 10.2 Å². The Morgan fingerprint density at radius 1 is 0.967 bits per heavy atom. The molecule has 0 aliphatic carbocycles. The van der Waals surface area contributed by atoms with Gasteiger partial charge in [-0.15, -0.1) is 0 Å². The quantitative estimate of drug-likeness (QED) is 0.391. The zero-order valence-corrected chi connectivity index (χ0v) is 16.5. The summed E-state index contributed by atoms with van der Waals surface area (Å²) in [6.45, 7) is 1.80. The first-order valence-electron chi connectivity index (χ1n) is 9.64. The number of nitrogens with zero attached hydrogens (tertiary/aromatic N) is 1. The highest BCUT2D eigenvalue weighted by atomic mass is 16.5. The third kappa shape index (κ3) is 4.64. The highest BCUT2D eigenvalue weighted by Crippen LogP contribution is 2.28. The fourth-order valence-electron chi connectivity index (χ4n) is 3.06. The third-order valence-corrected chi connectivity index (χ3v) is 4.45. The van der Waals surface area contributed by atoms with Crippen molar-refractivity contribution in [1.29, 1.82) is 0 Å². The zero-order valence-electron chi connectivity index (χ0n) is 16.5. The largest absolute Gasteiger partial charge is 0.457 e. The van der Waals surface area contributed by atoms with Gasteiger partial charge in [-0.05, 0) is 48.9 Å². The highest BCUT2D eigenvalue weighted by Gasteiger charge is 2.06. The van der Waals surface area contributed by atoms with E-state index in [9.17, 15) is 4.79 Å². The maximum atomic E-state index is 11.7. The molecule has 0 spiro atoms. The van der Waals surface area contributed by atoms with Crippen LogP contribution in [0.15, 0.2) is 84.9 Å². The first-order valence-corrected chi connectivity index (χ1v) is 9.64. The van der Waals surface area contributed by atoms with Crippen molar-refractivity contribution in [3.63, 3.8) is 0 Å². The van der Waals surface area contributed by atoms with E-state index in [1.807, 2.05) is 78.9 Å². The van der Waals surface area contributed by atoms with Gasteiger partial charge in [0.25, 0.3) is 0 Å². The Hall–Kier alpha value is -4.12. The summed E-state index contributed by atoms with van der Waals surface area (Å²) in [6, 6.07) is 23.2. The van der Waals surface area contributed by atoms with Crippen molar-refractivity contribution < 1.29 is 9.53 Å². The van der Waals surface area contributed by atoms with Crippen molar-refractivity contribution in [2.45, 2.75) is 6.92 Å². The van der Waals surface area contributed by atoms with Gasteiger partial charge in [0.1, 0.15) is 11.5 Å². The summed E-state index contributed by atoms with van der Waals surface area (Å²) in [5.74, 6) is 1.14. The smallest absolute Gasteiger partial charge is 0.248 e. The molecule has 148 valence electrons. The van der Waals surface area contributed by atoms with Crippen LogP contribution in [0.2, 0.25) is 0 Å². The summed E-state index contributed by atoms with van der Waals surface area (Å²) in [6.07, 6.45) is 7.20. The van der Waals surface area contributed by atoms with Crippen LogP contribution in [0.25, 0.3) is 23.1 Å². The molecule has 0 atom stereocenters. The number of aromatic nitrogens is 2. The summed E-state index contributed by atoms with van der Waals surface area (Å²) in [5.41, 5.74) is 3.55. The summed E-state index contributed by atoms with van der Waals surface area (Å²) in [7, 11) is 0. The molecule has 4 rings (SSSR count). The van der Waals surface area contributed by atoms with Gasteiger partial charge in [0, 0.05) is 23.2 Å². The number of allylic oxidation sites excluding steroid dienone is 1. The molecule has 5 nitrogen and oxygen atoms in total. The molecule has 30 heavy (non-hydrogen) atoms. The number of anilines is 1. The Bertz CT molecular complexity index is 1220. The lowest BCUT2D eigenvalue weighted by molar-refractivity contribution is -0.111. The predicted molar refractivity (Wildman–Crippen MR) is 121 cm³/mol. The lowest BCUT2D eigenvalue weighted by atomic mass is 10.1. The SMILES string of the molecule is C/C=C/C(=O)Nc1cccc(Oc2ccc3c(/C=C/c4ccccc4)n[nH]c3c2)c1. The van der Waals surface area contributed by atoms with Crippen molar-refractivity contribution >= 4 is 34.6 Å². The fourth-order valence-corrected chi connectivity index (χ4v) is 3.06. The van der Waals surface area contributed by atoms with Gasteiger partial charge in [0.2, 0.25) is 5.91 Å². The van der Waals surface area contributed by atoms with Gasteiger partial charge in [-0.3, -0.25) is 9.89 Å². The lowest BCUT2D eigenvalue weighted by Gasteiger charge is -2.08. The van der Waals surface area contributed by atoms with E-state index >= 15 is 0 Å². The lowest BCUT2D eigenvalue weighted by Crippen LogP contribution is -2.07. The minimum atomic E-state index is -0.176. The second kappa shape index (κ2) is 8.92. The molecule has 1 amide bonds. The molecule has 2 N–H and O–H groups in total. The minimum absolute atomic E-state index is 0.176. The molecule has 4 aromatic rings. The molecule has 0 unspecified atom stereocenters. The maximum absolute atomic E-state index is 11.7. The number of carbonyl (C=O) groups excluding carboxylic acids is 1. The van der Waals surface area contributed by atoms with Crippen LogP contribution in [0.5, 0.6) is 11.5 Å². The van der Waals surface area contributed by atoms with Crippen LogP contribution in [0.4, 0.5) is 5.69 Å². The second-order valence-electron chi connectivity index (χ2n) is 6.68. The Morgan fingerprint density at radius 3 is 2.63 bits per heavy atom. The molecule has 0 saturated heterocycles. The highest BCUT2D eigenvalue weighted by molar-refractivity contribution is 5.99. The minimum Gasteiger partial charge on any atom is -0.457 e. The van der Waals surface area contributed by atoms with E-state index in [1.165, 1.54) is 6.08 Å². The summed E-state index contributed by atoms with van der Waals surface area (Å²) in [5, 5.41) is 11.3. The van der Waals surface area contributed by atoms with Gasteiger partial charge in [-0.2, -0.15) is 5.10 Å². The van der Waals surface area contributed by atoms with E-state index < -0.39 is 0 Å². The molecule has 0 aliphatic rings. The van der Waals surface area contributed by atoms with Crippen LogP contribution in [0, 0.1) is 0 Å². The Kier molecular flexibility index (Phi) is 5.71. The van der Waals surface area contributed by atoms with Gasteiger partial charge >= 0.3 is 0 Å². The fraction of sp³-hybridized carbons (Fsp3) is 0.0400. The van der Waals surface area contributed by atoms with Gasteiger partial charge < -0.3 is 10.1 Å². The Labute approximate surface area is 174 Å².